The predicted molar refractivity (Wildman–Crippen MR) is 113 cm³/mol. The van der Waals surface area contributed by atoms with Crippen LogP contribution in [-0.2, 0) is 19.0 Å². The smallest absolute Gasteiger partial charge is 0.261 e. The van der Waals surface area contributed by atoms with Gasteiger partial charge in [0.2, 0.25) is 0 Å². The summed E-state index contributed by atoms with van der Waals surface area (Å²) in [6.07, 6.45) is 0. The van der Waals surface area contributed by atoms with E-state index in [1.807, 2.05) is 11.0 Å². The van der Waals surface area contributed by atoms with Crippen LogP contribution in [0.3, 0.4) is 0 Å². The minimum absolute atomic E-state index is 0.0128. The van der Waals surface area contributed by atoms with Crippen molar-refractivity contribution in [1.29, 1.82) is 0 Å². The molecule has 0 saturated carbocycles. The molecule has 4 rings (SSSR count). The number of amides is 1. The summed E-state index contributed by atoms with van der Waals surface area (Å²) in [4.78, 5) is 15.4. The third-order valence-electron chi connectivity index (χ3n) is 5.84. The van der Waals surface area contributed by atoms with Gasteiger partial charge in [0.1, 0.15) is 0 Å². The van der Waals surface area contributed by atoms with Crippen molar-refractivity contribution in [2.45, 2.75) is 32.9 Å². The minimum atomic E-state index is -0.139. The lowest BCUT2D eigenvalue weighted by atomic mass is 10.0. The van der Waals surface area contributed by atoms with Gasteiger partial charge in [-0.2, -0.15) is 0 Å². The molecule has 0 bridgehead atoms. The molecule has 0 spiro atoms. The van der Waals surface area contributed by atoms with E-state index in [9.17, 15) is 4.79 Å². The predicted octanol–water partition coefficient (Wildman–Crippen LogP) is 2.24. The molecular weight excluding hydrogens is 370 g/mol. The summed E-state index contributed by atoms with van der Waals surface area (Å²) in [5.41, 5.74) is 4.42. The Morgan fingerprint density at radius 1 is 1.10 bits per heavy atom. The number of nitrogens with one attached hydrogen (secondary N) is 2. The monoisotopic (exact) mass is 401 g/mol. The van der Waals surface area contributed by atoms with Crippen LogP contribution in [0.1, 0.15) is 26.3 Å². The highest BCUT2D eigenvalue weighted by molar-refractivity contribution is 6.33. The molecule has 1 aromatic carbocycles. The van der Waals surface area contributed by atoms with E-state index in [1.165, 1.54) is 0 Å². The molecule has 1 amide bonds. The molecule has 3 aliphatic heterocycles. The Morgan fingerprint density at radius 2 is 1.86 bits per heavy atom. The summed E-state index contributed by atoms with van der Waals surface area (Å²) < 4.78 is 17.0. The van der Waals surface area contributed by atoms with Crippen molar-refractivity contribution >= 4 is 22.9 Å². The maximum atomic E-state index is 13.6. The maximum Gasteiger partial charge on any atom is 0.261 e. The number of hydrogen-bond acceptors (Lipinski definition) is 6. The SMILES string of the molecule is CC(C)C(C)Nc1ccc2c(c1)/C(=C1\COCCN1)C(=O)N2C1COCCOC1. The average molecular weight is 402 g/mol. The van der Waals surface area contributed by atoms with Gasteiger partial charge in [-0.25, -0.2) is 0 Å². The van der Waals surface area contributed by atoms with Crippen LogP contribution >= 0.6 is 0 Å². The van der Waals surface area contributed by atoms with E-state index in [2.05, 4.69) is 43.5 Å². The first-order chi connectivity index (χ1) is 14.1. The number of morpholine rings is 1. The molecule has 2 N–H and O–H groups in total. The number of anilines is 2. The van der Waals surface area contributed by atoms with Crippen molar-refractivity contribution in [2.75, 3.05) is 56.4 Å². The van der Waals surface area contributed by atoms with Crippen molar-refractivity contribution < 1.29 is 19.0 Å². The lowest BCUT2D eigenvalue weighted by Gasteiger charge is -2.27. The molecule has 7 heteroatoms. The number of ether oxygens (including phenoxy) is 3. The summed E-state index contributed by atoms with van der Waals surface area (Å²) in [7, 11) is 0. The van der Waals surface area contributed by atoms with Crippen LogP contribution < -0.4 is 15.5 Å². The largest absolute Gasteiger partial charge is 0.383 e. The van der Waals surface area contributed by atoms with E-state index >= 15 is 0 Å². The topological polar surface area (TPSA) is 72.1 Å². The zero-order chi connectivity index (χ0) is 20.4. The molecule has 2 fully saturated rings. The fraction of sp³-hybridized carbons (Fsp3) is 0.591. The highest BCUT2D eigenvalue weighted by Gasteiger charge is 2.40. The molecule has 29 heavy (non-hydrogen) atoms. The molecule has 0 radical (unpaired) electrons. The van der Waals surface area contributed by atoms with Gasteiger partial charge in [0.05, 0.1) is 62.6 Å². The molecule has 158 valence electrons. The Morgan fingerprint density at radius 3 is 2.52 bits per heavy atom. The molecule has 0 aliphatic carbocycles. The Labute approximate surface area is 172 Å². The average Bonchev–Trinajstić information content (AvgIpc) is 2.87. The number of carbonyl (C=O) groups is 1. The molecule has 1 atom stereocenters. The molecule has 2 saturated heterocycles. The summed E-state index contributed by atoms with van der Waals surface area (Å²) in [6, 6.07) is 6.36. The van der Waals surface area contributed by atoms with Crippen LogP contribution in [0.2, 0.25) is 0 Å². The third-order valence-corrected chi connectivity index (χ3v) is 5.84. The summed E-state index contributed by atoms with van der Waals surface area (Å²) in [5.74, 6) is 0.495. The normalized spacial score (nSPS) is 24.3. The standard InChI is InChI=1S/C22H31N3O4/c1-14(2)15(3)24-16-4-5-20-18(10-16)21(19-13-27-7-6-23-19)22(26)25(20)17-11-28-8-9-29-12-17/h4-5,10,14-15,17,23-24H,6-9,11-13H2,1-3H3/b21-19-. The van der Waals surface area contributed by atoms with Crippen molar-refractivity contribution in [2.24, 2.45) is 5.92 Å². The number of nitrogens with zero attached hydrogens (tertiary/aromatic N) is 1. The number of fused-ring (bicyclic) bond motifs is 1. The molecule has 1 aromatic rings. The quantitative estimate of drug-likeness (QED) is 0.754. The zero-order valence-corrected chi connectivity index (χ0v) is 17.5. The van der Waals surface area contributed by atoms with Gasteiger partial charge in [-0.15, -0.1) is 0 Å². The van der Waals surface area contributed by atoms with Crippen molar-refractivity contribution in [3.63, 3.8) is 0 Å². The fourth-order valence-electron chi connectivity index (χ4n) is 3.88. The van der Waals surface area contributed by atoms with E-state index < -0.39 is 0 Å². The first kappa shape index (κ1) is 20.2. The molecule has 7 nitrogen and oxygen atoms in total. The second-order valence-electron chi connectivity index (χ2n) is 8.22. The van der Waals surface area contributed by atoms with Crippen LogP contribution in [-0.4, -0.2) is 64.2 Å². The Hall–Kier alpha value is -2.09. The lowest BCUT2D eigenvalue weighted by Crippen LogP contribution is -2.43. The second kappa shape index (κ2) is 8.73. The number of benzene rings is 1. The van der Waals surface area contributed by atoms with Crippen molar-refractivity contribution in [3.8, 4) is 0 Å². The van der Waals surface area contributed by atoms with Crippen LogP contribution in [0.25, 0.3) is 5.57 Å². The van der Waals surface area contributed by atoms with Gasteiger partial charge >= 0.3 is 0 Å². The molecule has 3 heterocycles. The van der Waals surface area contributed by atoms with E-state index in [4.69, 9.17) is 14.2 Å². The highest BCUT2D eigenvalue weighted by Crippen LogP contribution is 2.41. The van der Waals surface area contributed by atoms with Crippen molar-refractivity contribution in [3.05, 3.63) is 29.5 Å². The Bertz CT molecular complexity index is 776. The Kier molecular flexibility index (Phi) is 6.08. The zero-order valence-electron chi connectivity index (χ0n) is 17.5. The lowest BCUT2D eigenvalue weighted by molar-refractivity contribution is -0.113. The highest BCUT2D eigenvalue weighted by atomic mass is 16.5. The number of hydrogen-bond donors (Lipinski definition) is 2. The summed E-state index contributed by atoms with van der Waals surface area (Å²) in [5, 5.41) is 6.93. The molecule has 3 aliphatic rings. The van der Waals surface area contributed by atoms with E-state index in [0.29, 0.717) is 63.7 Å². The summed E-state index contributed by atoms with van der Waals surface area (Å²) >= 11 is 0. The van der Waals surface area contributed by atoms with Gasteiger partial charge in [0.25, 0.3) is 5.91 Å². The van der Waals surface area contributed by atoms with Gasteiger partial charge in [0, 0.05) is 23.8 Å². The number of carbonyl (C=O) groups excluding carboxylic acids is 1. The summed E-state index contributed by atoms with van der Waals surface area (Å²) in [6.45, 7) is 10.4. The minimum Gasteiger partial charge on any atom is -0.383 e. The molecular formula is C22H31N3O4. The third kappa shape index (κ3) is 4.13. The Balaban J connectivity index is 1.73. The van der Waals surface area contributed by atoms with Crippen LogP contribution in [0, 0.1) is 5.92 Å². The van der Waals surface area contributed by atoms with Crippen molar-refractivity contribution in [1.82, 2.24) is 5.32 Å². The van der Waals surface area contributed by atoms with Crippen LogP contribution in [0.5, 0.6) is 0 Å². The van der Waals surface area contributed by atoms with E-state index in [1.54, 1.807) is 0 Å². The van der Waals surface area contributed by atoms with E-state index in [0.717, 1.165) is 22.6 Å². The van der Waals surface area contributed by atoms with E-state index in [-0.39, 0.29) is 11.9 Å². The first-order valence-corrected chi connectivity index (χ1v) is 10.5. The van der Waals surface area contributed by atoms with Crippen LogP contribution in [0.4, 0.5) is 11.4 Å². The van der Waals surface area contributed by atoms with Crippen LogP contribution in [0.15, 0.2) is 23.9 Å². The number of rotatable bonds is 4. The maximum absolute atomic E-state index is 13.6. The molecule has 1 unspecified atom stereocenters. The van der Waals surface area contributed by atoms with Gasteiger partial charge in [-0.3, -0.25) is 9.69 Å². The van der Waals surface area contributed by atoms with Gasteiger partial charge in [-0.1, -0.05) is 13.8 Å². The van der Waals surface area contributed by atoms with Gasteiger partial charge in [-0.05, 0) is 31.0 Å². The van der Waals surface area contributed by atoms with Gasteiger partial charge < -0.3 is 24.8 Å². The second-order valence-corrected chi connectivity index (χ2v) is 8.22. The first-order valence-electron chi connectivity index (χ1n) is 10.5. The van der Waals surface area contributed by atoms with Gasteiger partial charge in [0.15, 0.2) is 0 Å². The molecule has 0 aromatic heterocycles. The fourth-order valence-corrected chi connectivity index (χ4v) is 3.88.